The van der Waals surface area contributed by atoms with Gasteiger partial charge in [-0.05, 0) is 18.2 Å². The summed E-state index contributed by atoms with van der Waals surface area (Å²) < 4.78 is 19.2. The summed E-state index contributed by atoms with van der Waals surface area (Å²) in [6.07, 6.45) is 1.67. The first-order valence-electron chi connectivity index (χ1n) is 5.91. The van der Waals surface area contributed by atoms with E-state index < -0.39 is 5.82 Å². The quantitative estimate of drug-likeness (QED) is 0.711. The lowest BCUT2D eigenvalue weighted by Gasteiger charge is -2.11. The third kappa shape index (κ3) is 2.26. The first kappa shape index (κ1) is 12.7. The number of aromatic nitrogens is 1. The molecule has 0 aliphatic heterocycles. The Morgan fingerprint density at radius 1 is 1.10 bits per heavy atom. The summed E-state index contributed by atoms with van der Waals surface area (Å²) in [5.41, 5.74) is 6.74. The lowest BCUT2D eigenvalue weighted by molar-refractivity contribution is 0.483. The van der Waals surface area contributed by atoms with Crippen LogP contribution in [0.1, 0.15) is 0 Å². The molecule has 3 aromatic rings. The fourth-order valence-corrected chi connectivity index (χ4v) is 2.08. The van der Waals surface area contributed by atoms with E-state index in [0.29, 0.717) is 11.3 Å². The number of benzene rings is 2. The van der Waals surface area contributed by atoms with Gasteiger partial charge >= 0.3 is 0 Å². The second-order valence-electron chi connectivity index (χ2n) is 4.24. The number of fused-ring (bicyclic) bond motifs is 1. The highest BCUT2D eigenvalue weighted by atomic mass is 35.5. The van der Waals surface area contributed by atoms with E-state index in [1.807, 2.05) is 24.3 Å². The maximum atomic E-state index is 13.5. The van der Waals surface area contributed by atoms with Gasteiger partial charge in [0.25, 0.3) is 0 Å². The zero-order chi connectivity index (χ0) is 14.1. The van der Waals surface area contributed by atoms with Gasteiger partial charge in [-0.15, -0.1) is 0 Å². The molecule has 3 rings (SSSR count). The second-order valence-corrected chi connectivity index (χ2v) is 4.64. The van der Waals surface area contributed by atoms with Crippen LogP contribution in [0, 0.1) is 5.82 Å². The molecule has 0 unspecified atom stereocenters. The van der Waals surface area contributed by atoms with Gasteiger partial charge in [0.2, 0.25) is 0 Å². The van der Waals surface area contributed by atoms with Crippen LogP contribution in [-0.4, -0.2) is 4.98 Å². The van der Waals surface area contributed by atoms with Crippen molar-refractivity contribution in [1.29, 1.82) is 0 Å². The summed E-state index contributed by atoms with van der Waals surface area (Å²) >= 11 is 5.66. The summed E-state index contributed by atoms with van der Waals surface area (Å²) in [5.74, 6) is 0.144. The number of halogens is 2. The van der Waals surface area contributed by atoms with Gasteiger partial charge in [-0.1, -0.05) is 29.8 Å². The lowest BCUT2D eigenvalue weighted by Crippen LogP contribution is -1.95. The number of hydrogen-bond donors (Lipinski definition) is 1. The standard InChI is InChI=1S/C15H10ClFN2O/c16-10-7-12(18)14(8-11(10)17)20-13-5-1-3-9-4-2-6-19-15(9)13/h1-8H,18H2. The van der Waals surface area contributed by atoms with Crippen LogP contribution in [0.25, 0.3) is 10.9 Å². The number of nitrogens with zero attached hydrogens (tertiary/aromatic N) is 1. The highest BCUT2D eigenvalue weighted by molar-refractivity contribution is 6.31. The maximum Gasteiger partial charge on any atom is 0.153 e. The van der Waals surface area contributed by atoms with Gasteiger partial charge in [0.05, 0.1) is 10.7 Å². The molecule has 2 aromatic carbocycles. The van der Waals surface area contributed by atoms with Gasteiger partial charge in [0, 0.05) is 17.6 Å². The first-order chi connectivity index (χ1) is 9.65. The second kappa shape index (κ2) is 4.98. The van der Waals surface area contributed by atoms with Crippen LogP contribution in [0.5, 0.6) is 11.5 Å². The summed E-state index contributed by atoms with van der Waals surface area (Å²) in [6, 6.07) is 11.7. The Morgan fingerprint density at radius 3 is 2.75 bits per heavy atom. The normalized spacial score (nSPS) is 10.7. The summed E-state index contributed by atoms with van der Waals surface area (Å²) in [6.45, 7) is 0. The van der Waals surface area contributed by atoms with Crippen molar-refractivity contribution in [2.75, 3.05) is 5.73 Å². The van der Waals surface area contributed by atoms with Gasteiger partial charge in [-0.25, -0.2) is 4.39 Å². The van der Waals surface area contributed by atoms with Gasteiger partial charge in [-0.3, -0.25) is 4.98 Å². The summed E-state index contributed by atoms with van der Waals surface area (Å²) in [4.78, 5) is 4.26. The van der Waals surface area contributed by atoms with Gasteiger partial charge in [-0.2, -0.15) is 0 Å². The Bertz CT molecular complexity index is 787. The third-order valence-electron chi connectivity index (χ3n) is 2.87. The van der Waals surface area contributed by atoms with Gasteiger partial charge < -0.3 is 10.5 Å². The van der Waals surface area contributed by atoms with Crippen molar-refractivity contribution in [3.05, 3.63) is 59.5 Å². The van der Waals surface area contributed by atoms with Gasteiger partial charge in [0.1, 0.15) is 11.3 Å². The molecule has 0 radical (unpaired) electrons. The molecule has 1 heterocycles. The smallest absolute Gasteiger partial charge is 0.153 e. The molecule has 0 fully saturated rings. The third-order valence-corrected chi connectivity index (χ3v) is 3.16. The largest absolute Gasteiger partial charge is 0.453 e. The van der Waals surface area contributed by atoms with E-state index in [4.69, 9.17) is 22.1 Å². The molecule has 0 aliphatic rings. The molecular weight excluding hydrogens is 279 g/mol. The van der Waals surface area contributed by atoms with Crippen LogP contribution in [-0.2, 0) is 0 Å². The van der Waals surface area contributed by atoms with E-state index in [2.05, 4.69) is 4.98 Å². The SMILES string of the molecule is Nc1cc(Cl)c(F)cc1Oc1cccc2cccnc12. The number of rotatable bonds is 2. The number of ether oxygens (including phenoxy) is 1. The molecule has 0 bridgehead atoms. The Morgan fingerprint density at radius 2 is 1.90 bits per heavy atom. The molecule has 0 saturated carbocycles. The zero-order valence-electron chi connectivity index (χ0n) is 10.3. The molecule has 0 atom stereocenters. The average Bonchev–Trinajstić information content (AvgIpc) is 2.45. The van der Waals surface area contributed by atoms with Crippen molar-refractivity contribution in [3.8, 4) is 11.5 Å². The van der Waals surface area contributed by atoms with E-state index in [0.717, 1.165) is 5.39 Å². The van der Waals surface area contributed by atoms with Crippen molar-refractivity contribution < 1.29 is 9.13 Å². The number of para-hydroxylation sites is 1. The molecule has 0 amide bonds. The van der Waals surface area contributed by atoms with Crippen LogP contribution >= 0.6 is 11.6 Å². The van der Waals surface area contributed by atoms with E-state index in [-0.39, 0.29) is 16.5 Å². The fourth-order valence-electron chi connectivity index (χ4n) is 1.91. The zero-order valence-corrected chi connectivity index (χ0v) is 11.1. The number of nitrogens with two attached hydrogens (primary N) is 1. The number of anilines is 1. The topological polar surface area (TPSA) is 48.1 Å². The van der Waals surface area contributed by atoms with Crippen molar-refractivity contribution in [2.24, 2.45) is 0 Å². The Labute approximate surface area is 119 Å². The van der Waals surface area contributed by atoms with E-state index in [1.54, 1.807) is 12.3 Å². The Kier molecular flexibility index (Phi) is 3.16. The summed E-state index contributed by atoms with van der Waals surface area (Å²) in [7, 11) is 0. The molecular formula is C15H10ClFN2O. The molecule has 2 N–H and O–H groups in total. The number of hydrogen-bond acceptors (Lipinski definition) is 3. The van der Waals surface area contributed by atoms with E-state index >= 15 is 0 Å². The van der Waals surface area contributed by atoms with Gasteiger partial charge in [0.15, 0.2) is 11.5 Å². The van der Waals surface area contributed by atoms with Crippen LogP contribution in [0.3, 0.4) is 0 Å². The molecule has 3 nitrogen and oxygen atoms in total. The monoisotopic (exact) mass is 288 g/mol. The van der Waals surface area contributed by atoms with Crippen molar-refractivity contribution >= 4 is 28.2 Å². The molecule has 20 heavy (non-hydrogen) atoms. The van der Waals surface area contributed by atoms with Crippen LogP contribution in [0.4, 0.5) is 10.1 Å². The van der Waals surface area contributed by atoms with E-state index in [9.17, 15) is 4.39 Å². The highest BCUT2D eigenvalue weighted by Crippen LogP contribution is 2.34. The summed E-state index contributed by atoms with van der Waals surface area (Å²) in [5, 5.41) is 0.893. The van der Waals surface area contributed by atoms with Crippen LogP contribution in [0.15, 0.2) is 48.7 Å². The van der Waals surface area contributed by atoms with Crippen molar-refractivity contribution in [3.63, 3.8) is 0 Å². The predicted molar refractivity (Wildman–Crippen MR) is 77.6 cm³/mol. The Hall–Kier alpha value is -2.33. The molecule has 0 spiro atoms. The predicted octanol–water partition coefficient (Wildman–Crippen LogP) is 4.40. The van der Waals surface area contributed by atoms with E-state index in [1.165, 1.54) is 12.1 Å². The minimum absolute atomic E-state index is 0.0362. The van der Waals surface area contributed by atoms with Crippen LogP contribution in [0.2, 0.25) is 5.02 Å². The first-order valence-corrected chi connectivity index (χ1v) is 6.29. The molecule has 0 aliphatic carbocycles. The number of nitrogen functional groups attached to an aromatic ring is 1. The fraction of sp³-hybridized carbons (Fsp3) is 0. The number of pyridine rings is 1. The lowest BCUT2D eigenvalue weighted by atomic mass is 10.2. The van der Waals surface area contributed by atoms with Crippen molar-refractivity contribution in [1.82, 2.24) is 4.98 Å². The minimum Gasteiger partial charge on any atom is -0.453 e. The molecule has 5 heteroatoms. The molecule has 100 valence electrons. The highest BCUT2D eigenvalue weighted by Gasteiger charge is 2.10. The van der Waals surface area contributed by atoms with Crippen molar-refractivity contribution in [2.45, 2.75) is 0 Å². The average molecular weight is 289 g/mol. The molecule has 0 saturated heterocycles. The van der Waals surface area contributed by atoms with Crippen LogP contribution < -0.4 is 10.5 Å². The maximum absolute atomic E-state index is 13.5. The minimum atomic E-state index is -0.580. The Balaban J connectivity index is 2.08. The molecule has 1 aromatic heterocycles.